The molecule has 7 nitrogen and oxygen atoms in total. The van der Waals surface area contributed by atoms with E-state index in [0.717, 1.165) is 10.7 Å². The first kappa shape index (κ1) is 17.0. The van der Waals surface area contributed by atoms with Crippen LogP contribution in [0.2, 0.25) is 0 Å². The van der Waals surface area contributed by atoms with Gasteiger partial charge in [0.05, 0.1) is 5.56 Å². The Bertz CT molecular complexity index is 666. The van der Waals surface area contributed by atoms with Crippen LogP contribution in [0.1, 0.15) is 29.5 Å². The highest BCUT2D eigenvalue weighted by molar-refractivity contribution is 7.88. The van der Waals surface area contributed by atoms with E-state index in [0.29, 0.717) is 24.4 Å². The molecule has 2 heterocycles. The molecule has 1 aromatic heterocycles. The van der Waals surface area contributed by atoms with Gasteiger partial charge in [0, 0.05) is 32.7 Å². The topological polar surface area (TPSA) is 96.8 Å². The zero-order valence-corrected chi connectivity index (χ0v) is 14.2. The van der Waals surface area contributed by atoms with Gasteiger partial charge >= 0.3 is 0 Å². The van der Waals surface area contributed by atoms with Gasteiger partial charge in [0.2, 0.25) is 5.09 Å². The van der Waals surface area contributed by atoms with Gasteiger partial charge in [-0.1, -0.05) is 0 Å². The number of carbonyl (C=O) groups excluding carboxylic acids is 1. The Balaban J connectivity index is 2.31. The van der Waals surface area contributed by atoms with Gasteiger partial charge in [0.25, 0.3) is 15.9 Å². The summed E-state index contributed by atoms with van der Waals surface area (Å²) in [4.78, 5) is 14.4. The Morgan fingerprint density at radius 1 is 1.50 bits per heavy atom. The minimum atomic E-state index is -3.69. The molecule has 0 saturated carbocycles. The van der Waals surface area contributed by atoms with Gasteiger partial charge in [-0.25, -0.2) is 12.7 Å². The van der Waals surface area contributed by atoms with E-state index < -0.39 is 10.0 Å². The summed E-state index contributed by atoms with van der Waals surface area (Å²) in [6, 6.07) is 1.40. The molecule has 1 aliphatic heterocycles. The predicted molar refractivity (Wildman–Crippen MR) is 82.0 cm³/mol. The Morgan fingerprint density at radius 3 is 2.64 bits per heavy atom. The fraction of sp³-hybridized carbons (Fsp3) is 0.643. The lowest BCUT2D eigenvalue weighted by atomic mass is 10.1. The minimum absolute atomic E-state index is 0.0873. The molecule has 0 spiro atoms. The number of rotatable bonds is 4. The van der Waals surface area contributed by atoms with Crippen LogP contribution in [0.4, 0.5) is 0 Å². The lowest BCUT2D eigenvalue weighted by molar-refractivity contribution is 0.0741. The number of nitrogens with zero attached hydrogens (tertiary/aromatic N) is 2. The Morgan fingerprint density at radius 2 is 2.14 bits per heavy atom. The van der Waals surface area contributed by atoms with Gasteiger partial charge < -0.3 is 15.1 Å². The third-order valence-corrected chi connectivity index (χ3v) is 5.79. The van der Waals surface area contributed by atoms with E-state index in [1.54, 1.807) is 11.8 Å². The number of hydrogen-bond donors (Lipinski definition) is 1. The van der Waals surface area contributed by atoms with Crippen molar-refractivity contribution in [2.75, 3.05) is 27.2 Å². The molecule has 0 aromatic carbocycles. The summed E-state index contributed by atoms with van der Waals surface area (Å²) in [5.41, 5.74) is 5.98. The van der Waals surface area contributed by atoms with Crippen LogP contribution >= 0.6 is 0 Å². The summed E-state index contributed by atoms with van der Waals surface area (Å²) in [5.74, 6) is 0.398. The second-order valence-corrected chi connectivity index (χ2v) is 8.05. The van der Waals surface area contributed by atoms with Crippen molar-refractivity contribution in [3.05, 3.63) is 17.4 Å². The van der Waals surface area contributed by atoms with Gasteiger partial charge in [0.1, 0.15) is 5.76 Å². The monoisotopic (exact) mass is 329 g/mol. The van der Waals surface area contributed by atoms with Crippen molar-refractivity contribution in [2.45, 2.75) is 31.4 Å². The van der Waals surface area contributed by atoms with Gasteiger partial charge in [-0.05, 0) is 32.7 Å². The lowest BCUT2D eigenvalue weighted by Gasteiger charge is -2.21. The summed E-state index contributed by atoms with van der Waals surface area (Å²) in [5, 5.41) is -0.208. The molecular formula is C14H23N3O4S. The fourth-order valence-electron chi connectivity index (χ4n) is 2.73. The normalized spacial score (nSPS) is 22.5. The molecular weight excluding hydrogens is 306 g/mol. The van der Waals surface area contributed by atoms with Crippen molar-refractivity contribution >= 4 is 15.9 Å². The number of carbonyl (C=O) groups is 1. The van der Waals surface area contributed by atoms with Crippen LogP contribution in [0.25, 0.3) is 0 Å². The number of nitrogens with two attached hydrogens (primary N) is 1. The largest absolute Gasteiger partial charge is 0.448 e. The molecule has 1 fully saturated rings. The van der Waals surface area contributed by atoms with Crippen LogP contribution in [0.5, 0.6) is 0 Å². The van der Waals surface area contributed by atoms with Crippen LogP contribution in [0, 0.1) is 12.8 Å². The fourth-order valence-corrected chi connectivity index (χ4v) is 3.58. The van der Waals surface area contributed by atoms with Crippen LogP contribution in [0.15, 0.2) is 15.6 Å². The average molecular weight is 329 g/mol. The molecule has 2 atom stereocenters. The van der Waals surface area contributed by atoms with Crippen LogP contribution in [-0.2, 0) is 10.0 Å². The number of likely N-dealkylation sites (tertiary alicyclic amines) is 1. The van der Waals surface area contributed by atoms with E-state index in [9.17, 15) is 13.2 Å². The second kappa shape index (κ2) is 6.02. The van der Waals surface area contributed by atoms with E-state index in [1.807, 2.05) is 6.92 Å². The number of amides is 1. The third-order valence-electron chi connectivity index (χ3n) is 4.12. The maximum absolute atomic E-state index is 12.7. The zero-order valence-electron chi connectivity index (χ0n) is 13.4. The van der Waals surface area contributed by atoms with Gasteiger partial charge in [-0.3, -0.25) is 4.79 Å². The Hall–Kier alpha value is -1.38. The highest BCUT2D eigenvalue weighted by atomic mass is 32.2. The van der Waals surface area contributed by atoms with Gasteiger partial charge in [-0.2, -0.15) is 0 Å². The van der Waals surface area contributed by atoms with Gasteiger partial charge in [0.15, 0.2) is 0 Å². The number of hydrogen-bond acceptors (Lipinski definition) is 5. The van der Waals surface area contributed by atoms with Crippen molar-refractivity contribution in [1.29, 1.82) is 0 Å². The number of furan rings is 1. The molecule has 22 heavy (non-hydrogen) atoms. The van der Waals surface area contributed by atoms with Crippen molar-refractivity contribution in [2.24, 2.45) is 11.7 Å². The van der Waals surface area contributed by atoms with Crippen molar-refractivity contribution < 1.29 is 17.6 Å². The molecule has 0 radical (unpaired) electrons. The molecule has 1 aliphatic rings. The summed E-state index contributed by atoms with van der Waals surface area (Å²) >= 11 is 0. The molecule has 8 heteroatoms. The first-order chi connectivity index (χ1) is 10.2. The van der Waals surface area contributed by atoms with Gasteiger partial charge in [-0.15, -0.1) is 0 Å². The van der Waals surface area contributed by atoms with Crippen LogP contribution < -0.4 is 5.73 Å². The highest BCUT2D eigenvalue weighted by Crippen LogP contribution is 2.27. The number of sulfonamides is 1. The average Bonchev–Trinajstić information content (AvgIpc) is 3.01. The SMILES string of the molecule is Cc1oc(S(=O)(=O)N(C)C)cc1C(=O)N1CC(CN)CC1C. The molecule has 0 bridgehead atoms. The third kappa shape index (κ3) is 2.90. The quantitative estimate of drug-likeness (QED) is 0.874. The summed E-state index contributed by atoms with van der Waals surface area (Å²) in [7, 11) is -0.849. The summed E-state index contributed by atoms with van der Waals surface area (Å²) in [6.45, 7) is 4.71. The van der Waals surface area contributed by atoms with E-state index in [4.69, 9.17) is 10.2 Å². The van der Waals surface area contributed by atoms with E-state index in [-0.39, 0.29) is 23.0 Å². The van der Waals surface area contributed by atoms with Crippen LogP contribution in [0.3, 0.4) is 0 Å². The first-order valence-corrected chi connectivity index (χ1v) is 8.66. The smallest absolute Gasteiger partial charge is 0.275 e. The molecule has 0 aliphatic carbocycles. The van der Waals surface area contributed by atoms with Crippen molar-refractivity contribution in [1.82, 2.24) is 9.21 Å². The molecule has 2 rings (SSSR count). The Labute approximate surface area is 131 Å². The van der Waals surface area contributed by atoms with E-state index in [1.165, 1.54) is 20.2 Å². The second-order valence-electron chi connectivity index (χ2n) is 5.97. The molecule has 1 amide bonds. The Kier molecular flexibility index (Phi) is 4.65. The zero-order chi connectivity index (χ0) is 16.7. The van der Waals surface area contributed by atoms with Crippen LogP contribution in [-0.4, -0.2) is 56.8 Å². The minimum Gasteiger partial charge on any atom is -0.448 e. The maximum atomic E-state index is 12.7. The summed E-state index contributed by atoms with van der Waals surface area (Å²) < 4.78 is 30.6. The van der Waals surface area contributed by atoms with E-state index >= 15 is 0 Å². The standard InChI is InChI=1S/C14H23N3O4S/c1-9-5-11(7-15)8-17(9)14(18)12-6-13(21-10(12)2)22(19,20)16(3)4/h6,9,11H,5,7-8,15H2,1-4H3. The number of aryl methyl sites for hydroxylation is 1. The predicted octanol–water partition coefficient (Wildman–Crippen LogP) is 0.648. The molecule has 2 N–H and O–H groups in total. The molecule has 1 aromatic rings. The van der Waals surface area contributed by atoms with Crippen molar-refractivity contribution in [3.8, 4) is 0 Å². The highest BCUT2D eigenvalue weighted by Gasteiger charge is 2.34. The summed E-state index contributed by atoms with van der Waals surface area (Å²) in [6.07, 6.45) is 0.863. The first-order valence-electron chi connectivity index (χ1n) is 7.22. The molecule has 124 valence electrons. The molecule has 2 unspecified atom stereocenters. The van der Waals surface area contributed by atoms with Crippen molar-refractivity contribution in [3.63, 3.8) is 0 Å². The maximum Gasteiger partial charge on any atom is 0.275 e. The molecule has 1 saturated heterocycles. The van der Waals surface area contributed by atoms with E-state index in [2.05, 4.69) is 0 Å². The lowest BCUT2D eigenvalue weighted by Crippen LogP contribution is -2.34.